The molecule has 0 amide bonds. The number of hydrogen-bond donors (Lipinski definition) is 1. The molecule has 4 nitrogen and oxygen atoms in total. The number of aromatic nitrogens is 2. The number of fused-ring (bicyclic) bond motifs is 1. The van der Waals surface area contributed by atoms with Crippen LogP contribution in [0, 0.1) is 5.82 Å². The van der Waals surface area contributed by atoms with Crippen molar-refractivity contribution < 1.29 is 8.81 Å². The Morgan fingerprint density at radius 2 is 1.94 bits per heavy atom. The number of nitrogen functional groups attached to an aromatic ring is 1. The van der Waals surface area contributed by atoms with E-state index in [0.29, 0.717) is 11.7 Å². The molecular weight excluding hydrogens is 209 g/mol. The highest BCUT2D eigenvalue weighted by Crippen LogP contribution is 2.21. The number of imidazole rings is 1. The molecule has 0 fully saturated rings. The molecule has 0 unspecified atom stereocenters. The zero-order chi connectivity index (χ0) is 11.1. The Labute approximate surface area is 90.1 Å². The Balaban J connectivity index is 2.11. The fourth-order valence-corrected chi connectivity index (χ4v) is 1.57. The number of oxazole rings is 1. The van der Waals surface area contributed by atoms with Crippen LogP contribution in [-0.2, 0) is 0 Å². The molecule has 16 heavy (non-hydrogen) atoms. The van der Waals surface area contributed by atoms with Crippen molar-refractivity contribution in [1.29, 1.82) is 0 Å². The summed E-state index contributed by atoms with van der Waals surface area (Å²) in [5.41, 5.74) is 7.02. The lowest BCUT2D eigenvalue weighted by Crippen LogP contribution is -1.80. The van der Waals surface area contributed by atoms with E-state index in [1.165, 1.54) is 12.1 Å². The second kappa shape index (κ2) is 3.10. The lowest BCUT2D eigenvalue weighted by atomic mass is 10.2. The predicted molar refractivity (Wildman–Crippen MR) is 57.3 cm³/mol. The van der Waals surface area contributed by atoms with E-state index in [2.05, 4.69) is 4.98 Å². The average molecular weight is 217 g/mol. The maximum absolute atomic E-state index is 12.7. The number of halogens is 1. The fraction of sp³-hybridized carbons (Fsp3) is 0. The SMILES string of the molecule is Nc1cn2cc(-c3ccc(F)cc3)nc2o1. The van der Waals surface area contributed by atoms with Crippen molar-refractivity contribution in [2.45, 2.75) is 0 Å². The molecular formula is C11H8FN3O. The van der Waals surface area contributed by atoms with Gasteiger partial charge in [0.25, 0.3) is 0 Å². The number of benzene rings is 1. The summed E-state index contributed by atoms with van der Waals surface area (Å²) >= 11 is 0. The summed E-state index contributed by atoms with van der Waals surface area (Å²) in [6.07, 6.45) is 3.41. The highest BCUT2D eigenvalue weighted by Gasteiger charge is 2.07. The van der Waals surface area contributed by atoms with Crippen LogP contribution in [0.15, 0.2) is 41.1 Å². The quantitative estimate of drug-likeness (QED) is 0.680. The Morgan fingerprint density at radius 3 is 2.62 bits per heavy atom. The van der Waals surface area contributed by atoms with Gasteiger partial charge in [0.2, 0.25) is 5.88 Å². The summed E-state index contributed by atoms with van der Waals surface area (Å²) in [6, 6.07) is 6.12. The molecule has 0 bridgehead atoms. The standard InChI is InChI=1S/C11H8FN3O/c12-8-3-1-7(2-4-8)9-5-15-6-10(13)16-11(15)14-9/h1-6H,13H2. The van der Waals surface area contributed by atoms with E-state index in [4.69, 9.17) is 10.2 Å². The zero-order valence-corrected chi connectivity index (χ0v) is 8.22. The minimum Gasteiger partial charge on any atom is -0.407 e. The maximum Gasteiger partial charge on any atom is 0.308 e. The van der Waals surface area contributed by atoms with Crippen LogP contribution in [0.4, 0.5) is 10.3 Å². The second-order valence-corrected chi connectivity index (χ2v) is 3.46. The molecule has 80 valence electrons. The first-order chi connectivity index (χ1) is 7.72. The molecule has 2 heterocycles. The summed E-state index contributed by atoms with van der Waals surface area (Å²) in [7, 11) is 0. The molecule has 1 aromatic carbocycles. The van der Waals surface area contributed by atoms with Gasteiger partial charge >= 0.3 is 5.84 Å². The van der Waals surface area contributed by atoms with Crippen LogP contribution < -0.4 is 5.73 Å². The lowest BCUT2D eigenvalue weighted by Gasteiger charge is -1.94. The highest BCUT2D eigenvalue weighted by atomic mass is 19.1. The van der Waals surface area contributed by atoms with Gasteiger partial charge in [0.15, 0.2) is 0 Å². The first kappa shape index (κ1) is 8.96. The van der Waals surface area contributed by atoms with Crippen molar-refractivity contribution in [3.8, 4) is 11.3 Å². The third-order valence-corrected chi connectivity index (χ3v) is 2.31. The first-order valence-corrected chi connectivity index (χ1v) is 4.72. The molecule has 0 saturated carbocycles. The second-order valence-electron chi connectivity index (χ2n) is 3.46. The normalized spacial score (nSPS) is 11.1. The Kier molecular flexibility index (Phi) is 1.73. The van der Waals surface area contributed by atoms with E-state index >= 15 is 0 Å². The Hall–Kier alpha value is -2.30. The molecule has 0 atom stereocenters. The summed E-state index contributed by atoms with van der Waals surface area (Å²) in [5, 5.41) is 0. The Bertz CT molecular complexity index is 607. The molecule has 0 aliphatic rings. The van der Waals surface area contributed by atoms with Gasteiger partial charge in [-0.3, -0.25) is 4.40 Å². The van der Waals surface area contributed by atoms with Gasteiger partial charge in [0.1, 0.15) is 5.82 Å². The number of rotatable bonds is 1. The lowest BCUT2D eigenvalue weighted by molar-refractivity contribution is 0.615. The van der Waals surface area contributed by atoms with Crippen molar-refractivity contribution in [1.82, 2.24) is 9.38 Å². The molecule has 0 saturated heterocycles. The van der Waals surface area contributed by atoms with Crippen LogP contribution in [-0.4, -0.2) is 9.38 Å². The van der Waals surface area contributed by atoms with Crippen molar-refractivity contribution in [2.24, 2.45) is 0 Å². The van der Waals surface area contributed by atoms with Crippen molar-refractivity contribution >= 4 is 11.7 Å². The minimum absolute atomic E-state index is 0.268. The molecule has 3 aromatic rings. The smallest absolute Gasteiger partial charge is 0.308 e. The van der Waals surface area contributed by atoms with Crippen LogP contribution >= 0.6 is 0 Å². The van der Waals surface area contributed by atoms with Crippen LogP contribution in [0.25, 0.3) is 17.1 Å². The van der Waals surface area contributed by atoms with Crippen molar-refractivity contribution in [3.63, 3.8) is 0 Å². The van der Waals surface area contributed by atoms with Gasteiger partial charge < -0.3 is 10.2 Å². The molecule has 5 heteroatoms. The largest absolute Gasteiger partial charge is 0.407 e. The topological polar surface area (TPSA) is 56.5 Å². The molecule has 0 aliphatic carbocycles. The van der Waals surface area contributed by atoms with Gasteiger partial charge in [-0.1, -0.05) is 0 Å². The van der Waals surface area contributed by atoms with Crippen LogP contribution in [0.2, 0.25) is 0 Å². The zero-order valence-electron chi connectivity index (χ0n) is 8.22. The van der Waals surface area contributed by atoms with Crippen LogP contribution in [0.1, 0.15) is 0 Å². The van der Waals surface area contributed by atoms with Gasteiger partial charge in [0, 0.05) is 11.8 Å². The maximum atomic E-state index is 12.7. The summed E-state index contributed by atoms with van der Waals surface area (Å²) < 4.78 is 19.6. The van der Waals surface area contributed by atoms with Gasteiger partial charge in [-0.25, -0.2) is 4.39 Å². The molecule has 0 aliphatic heterocycles. The van der Waals surface area contributed by atoms with Crippen LogP contribution in [0.5, 0.6) is 0 Å². The van der Waals surface area contributed by atoms with E-state index in [-0.39, 0.29) is 5.82 Å². The van der Waals surface area contributed by atoms with Gasteiger partial charge in [-0.15, -0.1) is 0 Å². The van der Waals surface area contributed by atoms with Crippen LogP contribution in [0.3, 0.4) is 0 Å². The van der Waals surface area contributed by atoms with E-state index in [1.54, 1.807) is 28.9 Å². The number of anilines is 1. The monoisotopic (exact) mass is 217 g/mol. The molecule has 0 radical (unpaired) electrons. The van der Waals surface area contributed by atoms with Crippen molar-refractivity contribution in [2.75, 3.05) is 5.73 Å². The average Bonchev–Trinajstić information content (AvgIpc) is 2.75. The summed E-state index contributed by atoms with van der Waals surface area (Å²) in [4.78, 5) is 4.23. The van der Waals surface area contributed by atoms with E-state index in [0.717, 1.165) is 11.3 Å². The summed E-state index contributed by atoms with van der Waals surface area (Å²) in [6.45, 7) is 0. The molecule has 3 rings (SSSR count). The first-order valence-electron chi connectivity index (χ1n) is 4.72. The molecule has 2 N–H and O–H groups in total. The van der Waals surface area contributed by atoms with E-state index < -0.39 is 0 Å². The molecule has 0 spiro atoms. The minimum atomic E-state index is -0.268. The number of nitrogens with two attached hydrogens (primary N) is 1. The fourth-order valence-electron chi connectivity index (χ4n) is 1.57. The van der Waals surface area contributed by atoms with E-state index in [9.17, 15) is 4.39 Å². The summed E-state index contributed by atoms with van der Waals surface area (Å²) in [5.74, 6) is 0.473. The van der Waals surface area contributed by atoms with Gasteiger partial charge in [0.05, 0.1) is 11.9 Å². The predicted octanol–water partition coefficient (Wildman–Crippen LogP) is 2.32. The third-order valence-electron chi connectivity index (χ3n) is 2.31. The number of hydrogen-bond acceptors (Lipinski definition) is 3. The van der Waals surface area contributed by atoms with E-state index in [1.807, 2.05) is 0 Å². The molecule has 2 aromatic heterocycles. The number of nitrogens with zero attached hydrogens (tertiary/aromatic N) is 2. The van der Waals surface area contributed by atoms with Gasteiger partial charge in [-0.05, 0) is 24.3 Å². The Morgan fingerprint density at radius 1 is 1.19 bits per heavy atom. The van der Waals surface area contributed by atoms with Gasteiger partial charge in [-0.2, -0.15) is 4.98 Å². The van der Waals surface area contributed by atoms with Crippen molar-refractivity contribution in [3.05, 3.63) is 42.5 Å². The third kappa shape index (κ3) is 1.33. The highest BCUT2D eigenvalue weighted by molar-refractivity contribution is 5.61.